The fourth-order valence-corrected chi connectivity index (χ4v) is 2.03. The van der Waals surface area contributed by atoms with Crippen molar-refractivity contribution in [3.63, 3.8) is 0 Å². The van der Waals surface area contributed by atoms with Gasteiger partial charge in [0.05, 0.1) is 23.3 Å². The first-order chi connectivity index (χ1) is 6.69. The van der Waals surface area contributed by atoms with Gasteiger partial charge in [-0.25, -0.2) is 0 Å². The highest BCUT2D eigenvalue weighted by Crippen LogP contribution is 2.22. The molecule has 2 heterocycles. The number of aromatic nitrogens is 3. The number of nitrogens with zero attached hydrogens (tertiary/aromatic N) is 3. The number of hydrogen-bond donors (Lipinski definition) is 1. The van der Waals surface area contributed by atoms with Gasteiger partial charge in [0.1, 0.15) is 0 Å². The van der Waals surface area contributed by atoms with Gasteiger partial charge in [0.25, 0.3) is 0 Å². The molecule has 0 saturated carbocycles. The third kappa shape index (κ3) is 1.07. The van der Waals surface area contributed by atoms with Gasteiger partial charge in [-0.2, -0.15) is 5.10 Å². The molecule has 0 fully saturated rings. The number of rotatable bonds is 2. The molecule has 0 aliphatic heterocycles. The molecule has 2 rings (SSSR count). The molecule has 1 N–H and O–H groups in total. The number of aliphatic hydroxyl groups is 1. The van der Waals surface area contributed by atoms with Crippen molar-refractivity contribution >= 4 is 11.0 Å². The van der Waals surface area contributed by atoms with Gasteiger partial charge in [0, 0.05) is 19.3 Å². The summed E-state index contributed by atoms with van der Waals surface area (Å²) in [5.74, 6) is 0. The molecule has 0 spiro atoms. The SMILES string of the molecule is CCn1c(CO)cc2c1c(C)nn2C. The molecule has 2 aromatic heterocycles. The molecule has 0 aliphatic rings. The Hall–Kier alpha value is -1.29. The average molecular weight is 193 g/mol. The minimum Gasteiger partial charge on any atom is -0.390 e. The van der Waals surface area contributed by atoms with Crippen LogP contribution in [0.15, 0.2) is 6.07 Å². The van der Waals surface area contributed by atoms with Crippen molar-refractivity contribution in [1.82, 2.24) is 14.3 Å². The van der Waals surface area contributed by atoms with Crippen LogP contribution in [0, 0.1) is 6.92 Å². The van der Waals surface area contributed by atoms with Gasteiger partial charge in [-0.3, -0.25) is 4.68 Å². The maximum Gasteiger partial charge on any atom is 0.0900 e. The van der Waals surface area contributed by atoms with Crippen molar-refractivity contribution in [2.24, 2.45) is 7.05 Å². The summed E-state index contributed by atoms with van der Waals surface area (Å²) in [6.07, 6.45) is 0. The maximum absolute atomic E-state index is 9.20. The van der Waals surface area contributed by atoms with Gasteiger partial charge in [-0.05, 0) is 19.9 Å². The van der Waals surface area contributed by atoms with Crippen molar-refractivity contribution < 1.29 is 5.11 Å². The zero-order chi connectivity index (χ0) is 10.3. The lowest BCUT2D eigenvalue weighted by molar-refractivity contribution is 0.272. The minimum atomic E-state index is 0.0853. The van der Waals surface area contributed by atoms with Crippen LogP contribution in [-0.4, -0.2) is 19.5 Å². The molecule has 4 heteroatoms. The van der Waals surface area contributed by atoms with Crippen LogP contribution in [0.3, 0.4) is 0 Å². The Labute approximate surface area is 82.8 Å². The molecule has 4 nitrogen and oxygen atoms in total. The van der Waals surface area contributed by atoms with Crippen LogP contribution in [0.25, 0.3) is 11.0 Å². The summed E-state index contributed by atoms with van der Waals surface area (Å²) in [5.41, 5.74) is 4.20. The van der Waals surface area contributed by atoms with Crippen molar-refractivity contribution in [3.8, 4) is 0 Å². The zero-order valence-corrected chi connectivity index (χ0v) is 8.78. The third-order valence-corrected chi connectivity index (χ3v) is 2.63. The van der Waals surface area contributed by atoms with Crippen LogP contribution < -0.4 is 0 Å². The minimum absolute atomic E-state index is 0.0853. The van der Waals surface area contributed by atoms with Crippen molar-refractivity contribution in [1.29, 1.82) is 0 Å². The van der Waals surface area contributed by atoms with Gasteiger partial charge in [-0.15, -0.1) is 0 Å². The van der Waals surface area contributed by atoms with Crippen LogP contribution in [0.2, 0.25) is 0 Å². The zero-order valence-electron chi connectivity index (χ0n) is 8.78. The van der Waals surface area contributed by atoms with E-state index in [-0.39, 0.29) is 6.61 Å². The quantitative estimate of drug-likeness (QED) is 0.778. The van der Waals surface area contributed by atoms with E-state index in [0.29, 0.717) is 0 Å². The van der Waals surface area contributed by atoms with Gasteiger partial charge in [0.15, 0.2) is 0 Å². The summed E-state index contributed by atoms with van der Waals surface area (Å²) in [6, 6.07) is 2.00. The fraction of sp³-hybridized carbons (Fsp3) is 0.500. The number of aliphatic hydroxyl groups excluding tert-OH is 1. The monoisotopic (exact) mass is 193 g/mol. The van der Waals surface area contributed by atoms with Crippen LogP contribution in [0.5, 0.6) is 0 Å². The van der Waals surface area contributed by atoms with Crippen LogP contribution in [0.4, 0.5) is 0 Å². The summed E-state index contributed by atoms with van der Waals surface area (Å²) < 4.78 is 3.97. The second kappa shape index (κ2) is 3.13. The summed E-state index contributed by atoms with van der Waals surface area (Å²) in [6.45, 7) is 5.02. The average Bonchev–Trinajstić information content (AvgIpc) is 2.66. The second-order valence-corrected chi connectivity index (χ2v) is 3.48. The molecule has 0 amide bonds. The van der Waals surface area contributed by atoms with Gasteiger partial charge < -0.3 is 9.67 Å². The second-order valence-electron chi connectivity index (χ2n) is 3.48. The number of aryl methyl sites for hydroxylation is 3. The van der Waals surface area contributed by atoms with Gasteiger partial charge in [0.2, 0.25) is 0 Å². The summed E-state index contributed by atoms with van der Waals surface area (Å²) in [4.78, 5) is 0. The van der Waals surface area contributed by atoms with Gasteiger partial charge >= 0.3 is 0 Å². The molecule has 0 atom stereocenters. The van der Waals surface area contributed by atoms with E-state index in [1.165, 1.54) is 0 Å². The Morgan fingerprint density at radius 2 is 2.21 bits per heavy atom. The van der Waals surface area contributed by atoms with Crippen molar-refractivity contribution in [2.45, 2.75) is 27.0 Å². The van der Waals surface area contributed by atoms with E-state index in [1.54, 1.807) is 0 Å². The van der Waals surface area contributed by atoms with E-state index < -0.39 is 0 Å². The Bertz CT molecular complexity index is 467. The molecule has 0 radical (unpaired) electrons. The lowest BCUT2D eigenvalue weighted by Gasteiger charge is -2.03. The Morgan fingerprint density at radius 1 is 1.50 bits per heavy atom. The molecule has 0 saturated heterocycles. The molecular weight excluding hydrogens is 178 g/mol. The van der Waals surface area contributed by atoms with Crippen molar-refractivity contribution in [2.75, 3.05) is 0 Å². The molecule has 2 aromatic rings. The fourth-order valence-electron chi connectivity index (χ4n) is 2.03. The lowest BCUT2D eigenvalue weighted by atomic mass is 10.4. The maximum atomic E-state index is 9.20. The molecule has 0 bridgehead atoms. The predicted molar refractivity (Wildman–Crippen MR) is 55.0 cm³/mol. The first kappa shape index (κ1) is 9.27. The molecule has 76 valence electrons. The first-order valence-electron chi connectivity index (χ1n) is 4.81. The largest absolute Gasteiger partial charge is 0.390 e. The third-order valence-electron chi connectivity index (χ3n) is 2.63. The van der Waals surface area contributed by atoms with Crippen molar-refractivity contribution in [3.05, 3.63) is 17.5 Å². The normalized spacial score (nSPS) is 11.4. The summed E-state index contributed by atoms with van der Waals surface area (Å²) in [5, 5.41) is 13.5. The van der Waals surface area contributed by atoms with E-state index in [1.807, 2.05) is 24.7 Å². The van der Waals surface area contributed by atoms with E-state index in [2.05, 4.69) is 16.6 Å². The first-order valence-corrected chi connectivity index (χ1v) is 4.81. The Morgan fingerprint density at radius 3 is 2.79 bits per heavy atom. The smallest absolute Gasteiger partial charge is 0.0900 e. The molecule has 0 unspecified atom stereocenters. The standard InChI is InChI=1S/C10H15N3O/c1-4-13-8(6-14)5-9-10(13)7(2)11-12(9)3/h5,14H,4,6H2,1-3H3. The van der Waals surface area contributed by atoms with E-state index in [9.17, 15) is 5.11 Å². The van der Waals surface area contributed by atoms with Crippen LogP contribution in [-0.2, 0) is 20.2 Å². The Kier molecular flexibility index (Phi) is 2.07. The molecule has 0 aliphatic carbocycles. The van der Waals surface area contributed by atoms with Crippen LogP contribution >= 0.6 is 0 Å². The predicted octanol–water partition coefficient (Wildman–Crippen LogP) is 1.20. The van der Waals surface area contributed by atoms with Gasteiger partial charge in [-0.1, -0.05) is 0 Å². The Balaban J connectivity index is 2.81. The van der Waals surface area contributed by atoms with Crippen LogP contribution in [0.1, 0.15) is 18.3 Å². The molecular formula is C10H15N3O. The van der Waals surface area contributed by atoms with E-state index >= 15 is 0 Å². The molecule has 14 heavy (non-hydrogen) atoms. The highest BCUT2D eigenvalue weighted by molar-refractivity contribution is 5.80. The van der Waals surface area contributed by atoms with E-state index in [4.69, 9.17) is 0 Å². The molecule has 0 aromatic carbocycles. The summed E-state index contributed by atoms with van der Waals surface area (Å²) >= 11 is 0. The topological polar surface area (TPSA) is 43.0 Å². The van der Waals surface area contributed by atoms with E-state index in [0.717, 1.165) is 29.0 Å². The lowest BCUT2D eigenvalue weighted by Crippen LogP contribution is -2.00. The summed E-state index contributed by atoms with van der Waals surface area (Å²) in [7, 11) is 1.93. The number of fused-ring (bicyclic) bond motifs is 1. The highest BCUT2D eigenvalue weighted by atomic mass is 16.3. The highest BCUT2D eigenvalue weighted by Gasteiger charge is 2.13. The number of hydrogen-bond acceptors (Lipinski definition) is 2.